The smallest absolute Gasteiger partial charge is 0.335 e. The second kappa shape index (κ2) is 6.53. The SMILES string of the molecule is COc1ccc2c(-c3ccc(Br)cc3)cc(C(=O)O)cc2c1OC. The average molecular weight is 387 g/mol. The van der Waals surface area contributed by atoms with E-state index in [0.717, 1.165) is 21.0 Å². The van der Waals surface area contributed by atoms with Crippen LogP contribution < -0.4 is 9.47 Å². The monoisotopic (exact) mass is 386 g/mol. The number of hydrogen-bond acceptors (Lipinski definition) is 3. The zero-order valence-electron chi connectivity index (χ0n) is 13.2. The van der Waals surface area contributed by atoms with Crippen molar-refractivity contribution in [1.82, 2.24) is 0 Å². The quantitative estimate of drug-likeness (QED) is 0.686. The number of aromatic carboxylic acids is 1. The van der Waals surface area contributed by atoms with Crippen LogP contribution in [0.3, 0.4) is 0 Å². The number of rotatable bonds is 4. The highest BCUT2D eigenvalue weighted by molar-refractivity contribution is 9.10. The fourth-order valence-corrected chi connectivity index (χ4v) is 3.02. The van der Waals surface area contributed by atoms with Crippen molar-refractivity contribution in [2.24, 2.45) is 0 Å². The Morgan fingerprint density at radius 2 is 1.67 bits per heavy atom. The van der Waals surface area contributed by atoms with E-state index in [1.807, 2.05) is 36.4 Å². The molecule has 122 valence electrons. The molecule has 3 rings (SSSR count). The van der Waals surface area contributed by atoms with E-state index < -0.39 is 5.97 Å². The first kappa shape index (κ1) is 16.3. The fourth-order valence-electron chi connectivity index (χ4n) is 2.75. The van der Waals surface area contributed by atoms with Crippen molar-refractivity contribution in [3.8, 4) is 22.6 Å². The molecule has 0 bridgehead atoms. The maximum absolute atomic E-state index is 11.6. The van der Waals surface area contributed by atoms with Crippen LogP contribution in [0.4, 0.5) is 0 Å². The molecule has 0 aliphatic rings. The van der Waals surface area contributed by atoms with Crippen molar-refractivity contribution in [3.63, 3.8) is 0 Å². The van der Waals surface area contributed by atoms with Crippen molar-refractivity contribution < 1.29 is 19.4 Å². The number of methoxy groups -OCH3 is 2. The van der Waals surface area contributed by atoms with Crippen LogP contribution in [0.15, 0.2) is 53.0 Å². The predicted octanol–water partition coefficient (Wildman–Crippen LogP) is 4.98. The molecular formula is C19H15BrO4. The molecule has 3 aromatic carbocycles. The Labute approximate surface area is 147 Å². The van der Waals surface area contributed by atoms with Crippen LogP contribution in [0.2, 0.25) is 0 Å². The minimum Gasteiger partial charge on any atom is -0.493 e. The minimum absolute atomic E-state index is 0.201. The molecule has 0 unspecified atom stereocenters. The second-order valence-corrected chi connectivity index (χ2v) is 6.15. The Balaban J connectivity index is 2.39. The highest BCUT2D eigenvalue weighted by atomic mass is 79.9. The highest BCUT2D eigenvalue weighted by Crippen LogP contribution is 2.40. The van der Waals surface area contributed by atoms with Crippen molar-refractivity contribution in [3.05, 3.63) is 58.6 Å². The number of ether oxygens (including phenoxy) is 2. The molecule has 0 aromatic heterocycles. The standard InChI is InChI=1S/C19H15BrO4/c1-23-17-8-7-14-15(11-3-5-13(20)6-4-11)9-12(19(21)22)10-16(14)18(17)24-2/h3-10H,1-2H3,(H,21,22). The number of carboxylic acids is 1. The van der Waals surface area contributed by atoms with Crippen LogP contribution in [0, 0.1) is 0 Å². The molecule has 0 amide bonds. The molecule has 0 atom stereocenters. The van der Waals surface area contributed by atoms with Crippen molar-refractivity contribution >= 4 is 32.7 Å². The van der Waals surface area contributed by atoms with Gasteiger partial charge in [0.2, 0.25) is 0 Å². The normalized spacial score (nSPS) is 10.6. The number of carbonyl (C=O) groups is 1. The van der Waals surface area contributed by atoms with Gasteiger partial charge < -0.3 is 14.6 Å². The first-order chi connectivity index (χ1) is 11.5. The van der Waals surface area contributed by atoms with Crippen LogP contribution in [0.5, 0.6) is 11.5 Å². The van der Waals surface area contributed by atoms with Gasteiger partial charge in [-0.1, -0.05) is 28.1 Å². The molecule has 0 aliphatic carbocycles. The van der Waals surface area contributed by atoms with Gasteiger partial charge in [0.05, 0.1) is 19.8 Å². The summed E-state index contributed by atoms with van der Waals surface area (Å²) in [6.07, 6.45) is 0. The lowest BCUT2D eigenvalue weighted by Crippen LogP contribution is -1.99. The van der Waals surface area contributed by atoms with Crippen LogP contribution in [-0.4, -0.2) is 25.3 Å². The third kappa shape index (κ3) is 2.83. The number of benzene rings is 3. The predicted molar refractivity (Wildman–Crippen MR) is 97.1 cm³/mol. The fraction of sp³-hybridized carbons (Fsp3) is 0.105. The Kier molecular flexibility index (Phi) is 4.44. The van der Waals surface area contributed by atoms with Crippen LogP contribution in [0.1, 0.15) is 10.4 Å². The molecule has 0 saturated carbocycles. The third-order valence-corrected chi connectivity index (χ3v) is 4.40. The van der Waals surface area contributed by atoms with Gasteiger partial charge in [-0.2, -0.15) is 0 Å². The number of hydrogen-bond donors (Lipinski definition) is 1. The van der Waals surface area contributed by atoms with Gasteiger partial charge in [0.1, 0.15) is 0 Å². The maximum Gasteiger partial charge on any atom is 0.335 e. The first-order valence-corrected chi connectivity index (χ1v) is 8.02. The van der Waals surface area contributed by atoms with Gasteiger partial charge in [0, 0.05) is 9.86 Å². The van der Waals surface area contributed by atoms with E-state index in [0.29, 0.717) is 16.9 Å². The highest BCUT2D eigenvalue weighted by Gasteiger charge is 2.16. The maximum atomic E-state index is 11.6. The Bertz CT molecular complexity index is 917. The molecule has 1 N–H and O–H groups in total. The van der Waals surface area contributed by atoms with Gasteiger partial charge >= 0.3 is 5.97 Å². The third-order valence-electron chi connectivity index (χ3n) is 3.88. The number of carboxylic acid groups (broad SMARTS) is 1. The molecule has 0 aliphatic heterocycles. The van der Waals surface area contributed by atoms with Gasteiger partial charge in [0.15, 0.2) is 11.5 Å². The lowest BCUT2D eigenvalue weighted by molar-refractivity contribution is 0.0697. The van der Waals surface area contributed by atoms with Gasteiger partial charge in [-0.05, 0) is 52.9 Å². The summed E-state index contributed by atoms with van der Waals surface area (Å²) in [7, 11) is 3.10. The summed E-state index contributed by atoms with van der Waals surface area (Å²) in [4.78, 5) is 11.6. The summed E-state index contributed by atoms with van der Waals surface area (Å²) < 4.78 is 11.8. The van der Waals surface area contributed by atoms with Gasteiger partial charge in [-0.25, -0.2) is 4.79 Å². The Morgan fingerprint density at radius 1 is 0.958 bits per heavy atom. The topological polar surface area (TPSA) is 55.8 Å². The zero-order chi connectivity index (χ0) is 17.3. The lowest BCUT2D eigenvalue weighted by atomic mass is 9.95. The van der Waals surface area contributed by atoms with Crippen molar-refractivity contribution in [1.29, 1.82) is 0 Å². The Morgan fingerprint density at radius 3 is 2.25 bits per heavy atom. The van der Waals surface area contributed by atoms with E-state index in [2.05, 4.69) is 15.9 Å². The molecule has 5 heteroatoms. The van der Waals surface area contributed by atoms with Gasteiger partial charge in [0.25, 0.3) is 0 Å². The van der Waals surface area contributed by atoms with E-state index >= 15 is 0 Å². The van der Waals surface area contributed by atoms with Crippen LogP contribution in [-0.2, 0) is 0 Å². The molecule has 0 spiro atoms. The molecule has 24 heavy (non-hydrogen) atoms. The van der Waals surface area contributed by atoms with E-state index in [4.69, 9.17) is 9.47 Å². The van der Waals surface area contributed by atoms with Crippen LogP contribution in [0.25, 0.3) is 21.9 Å². The summed E-state index contributed by atoms with van der Waals surface area (Å²) >= 11 is 3.42. The van der Waals surface area contributed by atoms with Gasteiger partial charge in [-0.15, -0.1) is 0 Å². The summed E-state index contributed by atoms with van der Waals surface area (Å²) in [6.45, 7) is 0. The van der Waals surface area contributed by atoms with Gasteiger partial charge in [-0.3, -0.25) is 0 Å². The molecular weight excluding hydrogens is 372 g/mol. The minimum atomic E-state index is -0.986. The second-order valence-electron chi connectivity index (χ2n) is 5.23. The largest absolute Gasteiger partial charge is 0.493 e. The molecule has 0 saturated heterocycles. The summed E-state index contributed by atoms with van der Waals surface area (Å²) in [5.41, 5.74) is 1.96. The van der Waals surface area contributed by atoms with Crippen molar-refractivity contribution in [2.45, 2.75) is 0 Å². The first-order valence-electron chi connectivity index (χ1n) is 7.23. The zero-order valence-corrected chi connectivity index (χ0v) is 14.8. The molecule has 0 heterocycles. The Hall–Kier alpha value is -2.53. The summed E-state index contributed by atoms with van der Waals surface area (Å²) in [5, 5.41) is 11.1. The summed E-state index contributed by atoms with van der Waals surface area (Å²) in [5.74, 6) is 0.103. The van der Waals surface area contributed by atoms with E-state index in [1.165, 1.54) is 0 Å². The lowest BCUT2D eigenvalue weighted by Gasteiger charge is -2.14. The molecule has 4 nitrogen and oxygen atoms in total. The summed E-state index contributed by atoms with van der Waals surface area (Å²) in [6, 6.07) is 14.8. The number of halogens is 1. The van der Waals surface area contributed by atoms with E-state index in [9.17, 15) is 9.90 Å². The van der Waals surface area contributed by atoms with Crippen molar-refractivity contribution in [2.75, 3.05) is 14.2 Å². The average Bonchev–Trinajstić information content (AvgIpc) is 2.60. The molecule has 0 radical (unpaired) electrons. The van der Waals surface area contributed by atoms with Crippen LogP contribution >= 0.6 is 15.9 Å². The molecule has 0 fully saturated rings. The number of fused-ring (bicyclic) bond motifs is 1. The van der Waals surface area contributed by atoms with E-state index in [-0.39, 0.29) is 5.56 Å². The van der Waals surface area contributed by atoms with E-state index in [1.54, 1.807) is 26.4 Å². The molecule has 3 aromatic rings.